The second-order valence-electron chi connectivity index (χ2n) is 7.06. The summed E-state index contributed by atoms with van der Waals surface area (Å²) in [5, 5.41) is 9.51. The molecule has 140 valence electrons. The zero-order chi connectivity index (χ0) is 18.6. The zero-order valence-electron chi connectivity index (χ0n) is 13.6. The molecule has 0 aromatic heterocycles. The summed E-state index contributed by atoms with van der Waals surface area (Å²) in [7, 11) is 0. The molecule has 1 N–H and O–H groups in total. The second kappa shape index (κ2) is 5.79. The first-order valence-corrected chi connectivity index (χ1v) is 7.83. The normalized spacial score (nSPS) is 36.3. The highest BCUT2D eigenvalue weighted by molar-refractivity contribution is 5.76. The van der Waals surface area contributed by atoms with Crippen LogP contribution in [0.4, 0.5) is 22.0 Å². The predicted molar refractivity (Wildman–Crippen MR) is 72.1 cm³/mol. The number of halogens is 5. The summed E-state index contributed by atoms with van der Waals surface area (Å²) in [5.74, 6) is -12.0. The lowest BCUT2D eigenvalue weighted by molar-refractivity contribution is -0.408. The molecule has 0 radical (unpaired) electrons. The van der Waals surface area contributed by atoms with Crippen LogP contribution in [0.2, 0.25) is 0 Å². The van der Waals surface area contributed by atoms with E-state index in [2.05, 4.69) is 4.74 Å². The topological polar surface area (TPSA) is 55.8 Å². The van der Waals surface area contributed by atoms with Gasteiger partial charge in [0, 0.05) is 0 Å². The monoisotopic (exact) mass is 360 g/mol. The first-order valence-electron chi connectivity index (χ1n) is 7.83. The highest BCUT2D eigenvalue weighted by atomic mass is 19.4. The van der Waals surface area contributed by atoms with Gasteiger partial charge in [-0.1, -0.05) is 6.92 Å². The van der Waals surface area contributed by atoms with Crippen molar-refractivity contribution in [3.05, 3.63) is 0 Å². The first-order chi connectivity index (χ1) is 10.8. The van der Waals surface area contributed by atoms with Crippen molar-refractivity contribution in [3.8, 4) is 0 Å². The van der Waals surface area contributed by atoms with Crippen LogP contribution in [0.15, 0.2) is 0 Å². The molecule has 4 unspecified atom stereocenters. The lowest BCUT2D eigenvalue weighted by atomic mass is 9.79. The molecule has 9 heteroatoms. The van der Waals surface area contributed by atoms with E-state index in [1.165, 1.54) is 0 Å². The smallest absolute Gasteiger partial charge is 0.449 e. The van der Waals surface area contributed by atoms with Crippen molar-refractivity contribution in [2.24, 2.45) is 11.3 Å². The molecule has 0 bridgehead atoms. The molecular formula is C15H21F5O4. The molecule has 1 aliphatic carbocycles. The van der Waals surface area contributed by atoms with Gasteiger partial charge in [-0.25, -0.2) is 0 Å². The van der Waals surface area contributed by atoms with Gasteiger partial charge in [0.1, 0.15) is 6.10 Å². The molecule has 4 nitrogen and oxygen atoms in total. The van der Waals surface area contributed by atoms with Crippen LogP contribution in [0, 0.1) is 11.3 Å². The van der Waals surface area contributed by atoms with Crippen molar-refractivity contribution >= 4 is 5.97 Å². The van der Waals surface area contributed by atoms with Gasteiger partial charge in [0.05, 0.1) is 17.4 Å². The molecule has 1 heterocycles. The molecule has 1 saturated heterocycles. The van der Waals surface area contributed by atoms with Crippen molar-refractivity contribution in [1.82, 2.24) is 0 Å². The van der Waals surface area contributed by atoms with Gasteiger partial charge in [-0.05, 0) is 39.5 Å². The van der Waals surface area contributed by atoms with E-state index >= 15 is 0 Å². The second-order valence-corrected chi connectivity index (χ2v) is 7.06. The number of aliphatic hydroxyl groups is 1. The van der Waals surface area contributed by atoms with Gasteiger partial charge in [-0.2, -0.15) is 22.0 Å². The van der Waals surface area contributed by atoms with Gasteiger partial charge in [0.25, 0.3) is 0 Å². The van der Waals surface area contributed by atoms with Crippen LogP contribution in [0.25, 0.3) is 0 Å². The maximum atomic E-state index is 14.4. The van der Waals surface area contributed by atoms with Crippen molar-refractivity contribution in [2.75, 3.05) is 0 Å². The Morgan fingerprint density at radius 2 is 1.88 bits per heavy atom. The Balaban J connectivity index is 2.30. The quantitative estimate of drug-likeness (QED) is 0.619. The third-order valence-electron chi connectivity index (χ3n) is 5.05. The van der Waals surface area contributed by atoms with E-state index < -0.39 is 47.4 Å². The van der Waals surface area contributed by atoms with Crippen LogP contribution >= 0.6 is 0 Å². The Bertz CT molecular complexity index is 505. The SMILES string of the molecule is CCC(C)(C)C(=O)OC1CCCC2OC(O)(C(F)(F)F)C(F)(F)C12. The molecule has 2 fully saturated rings. The molecule has 24 heavy (non-hydrogen) atoms. The fraction of sp³-hybridized carbons (Fsp3) is 0.933. The van der Waals surface area contributed by atoms with Gasteiger partial charge < -0.3 is 14.6 Å². The number of rotatable bonds is 3. The Morgan fingerprint density at radius 1 is 1.29 bits per heavy atom. The molecule has 2 rings (SSSR count). The number of fused-ring (bicyclic) bond motifs is 1. The maximum Gasteiger partial charge on any atom is 0.449 e. The van der Waals surface area contributed by atoms with E-state index in [1.54, 1.807) is 20.8 Å². The number of hydrogen-bond donors (Lipinski definition) is 1. The minimum absolute atomic E-state index is 0.000409. The zero-order valence-corrected chi connectivity index (χ0v) is 13.6. The Morgan fingerprint density at radius 3 is 2.38 bits per heavy atom. The summed E-state index contributed by atoms with van der Waals surface area (Å²) in [6.07, 6.45) is -8.05. The third-order valence-corrected chi connectivity index (χ3v) is 5.05. The first kappa shape index (κ1) is 19.4. The van der Waals surface area contributed by atoms with Gasteiger partial charge in [-0.15, -0.1) is 0 Å². The van der Waals surface area contributed by atoms with Crippen molar-refractivity contribution in [1.29, 1.82) is 0 Å². The van der Waals surface area contributed by atoms with Crippen LogP contribution in [-0.4, -0.2) is 41.2 Å². The fourth-order valence-electron chi connectivity index (χ4n) is 3.07. The summed E-state index contributed by atoms with van der Waals surface area (Å²) < 4.78 is 77.2. The molecule has 1 aliphatic heterocycles. The molecule has 1 saturated carbocycles. The molecule has 4 atom stereocenters. The Hall–Kier alpha value is -0.960. The molecule has 0 amide bonds. The summed E-state index contributed by atoms with van der Waals surface area (Å²) in [4.78, 5) is 12.1. The predicted octanol–water partition coefficient (Wildman–Crippen LogP) is 3.42. The van der Waals surface area contributed by atoms with Gasteiger partial charge in [0.2, 0.25) is 0 Å². The van der Waals surface area contributed by atoms with E-state index in [9.17, 15) is 31.9 Å². The summed E-state index contributed by atoms with van der Waals surface area (Å²) >= 11 is 0. The number of carbonyl (C=O) groups is 1. The number of ether oxygens (including phenoxy) is 2. The van der Waals surface area contributed by atoms with Crippen LogP contribution < -0.4 is 0 Å². The van der Waals surface area contributed by atoms with Crippen LogP contribution in [0.3, 0.4) is 0 Å². The third kappa shape index (κ3) is 2.79. The van der Waals surface area contributed by atoms with Crippen molar-refractivity contribution in [3.63, 3.8) is 0 Å². The minimum atomic E-state index is -5.66. The maximum absolute atomic E-state index is 14.4. The van der Waals surface area contributed by atoms with Crippen molar-refractivity contribution in [2.45, 2.75) is 76.5 Å². The standard InChI is InChI=1S/C15H21F5O4/c1-4-12(2,3)11(21)23-8-6-5-7-9-10(8)13(16,17)14(22,24-9)15(18,19)20/h8-10,22H,4-7H2,1-3H3. The number of carbonyl (C=O) groups excluding carboxylic acids is 1. The summed E-state index contributed by atoms with van der Waals surface area (Å²) in [5.41, 5.74) is -0.942. The average molecular weight is 360 g/mol. The summed E-state index contributed by atoms with van der Waals surface area (Å²) in [6.45, 7) is 4.83. The van der Waals surface area contributed by atoms with Crippen LogP contribution in [0.5, 0.6) is 0 Å². The van der Waals surface area contributed by atoms with Crippen LogP contribution in [-0.2, 0) is 14.3 Å². The molecule has 2 aliphatic rings. The van der Waals surface area contributed by atoms with Gasteiger partial charge >= 0.3 is 23.9 Å². The lowest BCUT2D eigenvalue weighted by Gasteiger charge is -2.37. The highest BCUT2D eigenvalue weighted by Gasteiger charge is 2.81. The van der Waals surface area contributed by atoms with E-state index in [0.717, 1.165) is 0 Å². The van der Waals surface area contributed by atoms with E-state index in [1.807, 2.05) is 0 Å². The van der Waals surface area contributed by atoms with Crippen molar-refractivity contribution < 1.29 is 41.3 Å². The number of esters is 1. The number of alkyl halides is 5. The van der Waals surface area contributed by atoms with E-state index in [4.69, 9.17) is 4.74 Å². The fourth-order valence-corrected chi connectivity index (χ4v) is 3.07. The van der Waals surface area contributed by atoms with E-state index in [-0.39, 0.29) is 19.3 Å². The largest absolute Gasteiger partial charge is 0.461 e. The van der Waals surface area contributed by atoms with Crippen LogP contribution in [0.1, 0.15) is 46.5 Å². The van der Waals surface area contributed by atoms with Gasteiger partial charge in [-0.3, -0.25) is 4.79 Å². The number of hydrogen-bond acceptors (Lipinski definition) is 4. The Labute approximate surface area is 136 Å². The van der Waals surface area contributed by atoms with E-state index in [0.29, 0.717) is 6.42 Å². The minimum Gasteiger partial charge on any atom is -0.461 e. The summed E-state index contributed by atoms with van der Waals surface area (Å²) in [6, 6.07) is 0. The van der Waals surface area contributed by atoms with Gasteiger partial charge in [0.15, 0.2) is 0 Å². The molecule has 0 aromatic rings. The Kier molecular flexibility index (Phi) is 4.67. The molecular weight excluding hydrogens is 339 g/mol. The lowest BCUT2D eigenvalue weighted by Crippen LogP contribution is -2.59. The molecule has 0 spiro atoms. The molecule has 0 aromatic carbocycles. The average Bonchev–Trinajstić information content (AvgIpc) is 2.67. The highest BCUT2D eigenvalue weighted by Crippen LogP contribution is 2.58.